The number of aliphatic hydroxyl groups is 3. The molecule has 0 amide bonds. The van der Waals surface area contributed by atoms with Crippen molar-refractivity contribution in [3.05, 3.63) is 0 Å². The van der Waals surface area contributed by atoms with Crippen LogP contribution in [-0.2, 0) is 14.2 Å². The molecule has 170 valence electrons. The van der Waals surface area contributed by atoms with Crippen LogP contribution in [0, 0.1) is 16.2 Å². The fourth-order valence-electron chi connectivity index (χ4n) is 2.39. The van der Waals surface area contributed by atoms with Crippen molar-refractivity contribution >= 4 is 8.60 Å². The SMILES string of the molecule is CCC1(CO)COC1.CCC1(CO)COC1.CCC1(CO)COC1.OP(O)O. The topological polar surface area (TPSA) is 149 Å². The van der Waals surface area contributed by atoms with Gasteiger partial charge < -0.3 is 44.2 Å². The summed E-state index contributed by atoms with van der Waals surface area (Å²) in [6.07, 6.45) is 3.09. The summed E-state index contributed by atoms with van der Waals surface area (Å²) in [6, 6.07) is 0. The monoisotopic (exact) mass is 430 g/mol. The molecule has 3 saturated heterocycles. The number of hydrogen-bond acceptors (Lipinski definition) is 9. The minimum absolute atomic E-state index is 0.139. The average Bonchev–Trinajstić information content (AvgIpc) is 2.56. The van der Waals surface area contributed by atoms with E-state index in [0.29, 0.717) is 0 Å². The molecule has 0 saturated carbocycles. The summed E-state index contributed by atoms with van der Waals surface area (Å²) < 4.78 is 14.9. The second-order valence-corrected chi connectivity index (χ2v) is 8.32. The summed E-state index contributed by atoms with van der Waals surface area (Å²) in [5.74, 6) is 0. The second-order valence-electron chi connectivity index (χ2n) is 7.78. The highest BCUT2D eigenvalue weighted by Crippen LogP contribution is 2.31. The van der Waals surface area contributed by atoms with Gasteiger partial charge in [0.05, 0.1) is 59.5 Å². The van der Waals surface area contributed by atoms with Crippen LogP contribution in [0.3, 0.4) is 0 Å². The molecular formula is C18H39O9P. The molecule has 0 aliphatic carbocycles. The molecule has 0 bridgehead atoms. The van der Waals surface area contributed by atoms with Gasteiger partial charge in [-0.25, -0.2) is 0 Å². The van der Waals surface area contributed by atoms with E-state index in [4.69, 9.17) is 44.2 Å². The zero-order chi connectivity index (χ0) is 21.7. The summed E-state index contributed by atoms with van der Waals surface area (Å²) in [7, 11) is -2.62. The quantitative estimate of drug-likeness (QED) is 0.329. The van der Waals surface area contributed by atoms with Gasteiger partial charge in [0.25, 0.3) is 0 Å². The Balaban J connectivity index is 0.000000358. The van der Waals surface area contributed by atoms with Crippen LogP contribution in [0.15, 0.2) is 0 Å². The van der Waals surface area contributed by atoms with Crippen molar-refractivity contribution < 1.29 is 44.2 Å². The van der Waals surface area contributed by atoms with Crippen LogP contribution >= 0.6 is 8.60 Å². The fourth-order valence-corrected chi connectivity index (χ4v) is 2.39. The van der Waals surface area contributed by atoms with Gasteiger partial charge in [-0.15, -0.1) is 0 Å². The molecule has 3 aliphatic heterocycles. The molecule has 0 atom stereocenters. The lowest BCUT2D eigenvalue weighted by Gasteiger charge is -2.38. The molecule has 0 aromatic rings. The molecular weight excluding hydrogens is 391 g/mol. The van der Waals surface area contributed by atoms with Crippen molar-refractivity contribution in [2.24, 2.45) is 16.2 Å². The lowest BCUT2D eigenvalue weighted by Crippen LogP contribution is -2.44. The molecule has 3 rings (SSSR count). The Kier molecular flexibility index (Phi) is 14.2. The Morgan fingerprint density at radius 3 is 0.750 bits per heavy atom. The third-order valence-electron chi connectivity index (χ3n) is 5.71. The van der Waals surface area contributed by atoms with Gasteiger partial charge in [0, 0.05) is 16.2 Å². The Hall–Kier alpha value is 0.0700. The Morgan fingerprint density at radius 2 is 0.750 bits per heavy atom. The van der Waals surface area contributed by atoms with Gasteiger partial charge in [-0.3, -0.25) is 0 Å². The highest BCUT2D eigenvalue weighted by Gasteiger charge is 2.36. The standard InChI is InChI=1S/3C6H12O2.H3O3P/c3*1-2-6(3-7)4-8-5-6;1-4(2)3/h3*7H,2-5H2,1H3;1-3H. The van der Waals surface area contributed by atoms with Crippen molar-refractivity contribution in [3.63, 3.8) is 0 Å². The average molecular weight is 430 g/mol. The first-order valence-electron chi connectivity index (χ1n) is 9.64. The summed E-state index contributed by atoms with van der Waals surface area (Å²) in [5, 5.41) is 26.3. The van der Waals surface area contributed by atoms with E-state index in [1.165, 1.54) is 0 Å². The van der Waals surface area contributed by atoms with Crippen LogP contribution in [0.4, 0.5) is 0 Å². The van der Waals surface area contributed by atoms with E-state index in [9.17, 15) is 0 Å². The molecule has 0 radical (unpaired) electrons. The van der Waals surface area contributed by atoms with Crippen molar-refractivity contribution in [2.75, 3.05) is 59.5 Å². The van der Waals surface area contributed by atoms with E-state index in [0.717, 1.165) is 58.9 Å². The third kappa shape index (κ3) is 9.26. The van der Waals surface area contributed by atoms with Gasteiger partial charge in [-0.05, 0) is 19.3 Å². The van der Waals surface area contributed by atoms with Crippen molar-refractivity contribution in [2.45, 2.75) is 40.0 Å². The molecule has 0 unspecified atom stereocenters. The van der Waals surface area contributed by atoms with Gasteiger partial charge in [0.2, 0.25) is 0 Å². The van der Waals surface area contributed by atoms with Gasteiger partial charge in [0.1, 0.15) is 0 Å². The molecule has 0 spiro atoms. The van der Waals surface area contributed by atoms with Crippen LogP contribution < -0.4 is 0 Å². The number of hydrogen-bond donors (Lipinski definition) is 6. The van der Waals surface area contributed by atoms with Crippen LogP contribution in [0.25, 0.3) is 0 Å². The molecule has 10 heteroatoms. The predicted octanol–water partition coefficient (Wildman–Crippen LogP) is 0.406. The number of rotatable bonds is 6. The highest BCUT2D eigenvalue weighted by molar-refractivity contribution is 7.38. The molecule has 0 aromatic carbocycles. The van der Waals surface area contributed by atoms with E-state index in [1.807, 2.05) is 0 Å². The first-order chi connectivity index (χ1) is 13.2. The number of ether oxygens (including phenoxy) is 3. The van der Waals surface area contributed by atoms with Crippen molar-refractivity contribution in [1.29, 1.82) is 0 Å². The molecule has 6 N–H and O–H groups in total. The van der Waals surface area contributed by atoms with Gasteiger partial charge in [-0.2, -0.15) is 0 Å². The lowest BCUT2D eigenvalue weighted by molar-refractivity contribution is -0.138. The normalized spacial score (nSPS) is 22.5. The van der Waals surface area contributed by atoms with E-state index < -0.39 is 8.60 Å². The summed E-state index contributed by atoms with van der Waals surface area (Å²) in [4.78, 5) is 21.7. The minimum atomic E-state index is -2.62. The van der Waals surface area contributed by atoms with E-state index in [2.05, 4.69) is 20.8 Å². The Labute approximate surface area is 169 Å². The van der Waals surface area contributed by atoms with Crippen LogP contribution in [0.5, 0.6) is 0 Å². The smallest absolute Gasteiger partial charge is 0.324 e. The van der Waals surface area contributed by atoms with Gasteiger partial charge in [-0.1, -0.05) is 20.8 Å². The molecule has 3 aliphatic rings. The maximum absolute atomic E-state index is 8.76. The lowest BCUT2D eigenvalue weighted by atomic mass is 9.84. The number of aliphatic hydroxyl groups excluding tert-OH is 3. The maximum Gasteiger partial charge on any atom is 0.324 e. The molecule has 3 heterocycles. The molecule has 3 fully saturated rings. The summed E-state index contributed by atoms with van der Waals surface area (Å²) in [6.45, 7) is 11.6. The van der Waals surface area contributed by atoms with Crippen molar-refractivity contribution in [1.82, 2.24) is 0 Å². The van der Waals surface area contributed by atoms with Crippen molar-refractivity contribution in [3.8, 4) is 0 Å². The van der Waals surface area contributed by atoms with E-state index in [1.54, 1.807) is 0 Å². The van der Waals surface area contributed by atoms with E-state index >= 15 is 0 Å². The van der Waals surface area contributed by atoms with Crippen LogP contribution in [0.1, 0.15) is 40.0 Å². The summed E-state index contributed by atoms with van der Waals surface area (Å²) >= 11 is 0. The summed E-state index contributed by atoms with van der Waals surface area (Å²) in [5.41, 5.74) is 0.417. The predicted molar refractivity (Wildman–Crippen MR) is 105 cm³/mol. The van der Waals surface area contributed by atoms with Gasteiger partial charge >= 0.3 is 8.60 Å². The molecule has 9 nitrogen and oxygen atoms in total. The van der Waals surface area contributed by atoms with Crippen LogP contribution in [-0.4, -0.2) is 89.5 Å². The minimum Gasteiger partial charge on any atom is -0.396 e. The Morgan fingerprint density at radius 1 is 0.571 bits per heavy atom. The second kappa shape index (κ2) is 14.1. The fraction of sp³-hybridized carbons (Fsp3) is 1.00. The third-order valence-corrected chi connectivity index (χ3v) is 5.71. The zero-order valence-electron chi connectivity index (χ0n) is 17.3. The van der Waals surface area contributed by atoms with E-state index in [-0.39, 0.29) is 36.1 Å². The Bertz CT molecular complexity index is 288. The zero-order valence-corrected chi connectivity index (χ0v) is 18.2. The van der Waals surface area contributed by atoms with Crippen LogP contribution in [0.2, 0.25) is 0 Å². The maximum atomic E-state index is 8.76. The molecule has 0 aromatic heterocycles. The van der Waals surface area contributed by atoms with Gasteiger partial charge in [0.15, 0.2) is 0 Å². The largest absolute Gasteiger partial charge is 0.396 e. The molecule has 28 heavy (non-hydrogen) atoms. The highest BCUT2D eigenvalue weighted by atomic mass is 31.2. The first kappa shape index (κ1) is 28.1. The first-order valence-corrected chi connectivity index (χ1v) is 10.8.